The van der Waals surface area contributed by atoms with Crippen molar-refractivity contribution in [1.82, 2.24) is 0 Å². The van der Waals surface area contributed by atoms with Crippen LogP contribution in [0.1, 0.15) is 47.2 Å². The number of benzene rings is 4. The molecule has 0 atom stereocenters. The van der Waals surface area contributed by atoms with Crippen LogP contribution in [0.3, 0.4) is 0 Å². The smallest absolute Gasteiger partial charge is 0.190 e. The SMILES string of the molecule is CC(=O)Sc1ccc(C#Cc2ccc(CCc3ccc(C#Cc4ccc(SC(C)=O)cc4)cc3)cc2)cc1. The molecule has 0 heterocycles. The fourth-order valence-corrected chi connectivity index (χ4v) is 4.84. The average molecular weight is 531 g/mol. The first-order valence-electron chi connectivity index (χ1n) is 12.2. The summed E-state index contributed by atoms with van der Waals surface area (Å²) in [5, 5.41) is 0.159. The maximum atomic E-state index is 11.2. The normalized spacial score (nSPS) is 10.1. The highest BCUT2D eigenvalue weighted by atomic mass is 32.2. The molecule has 4 heteroatoms. The molecule has 0 saturated heterocycles. The fraction of sp³-hybridized carbons (Fsp3) is 0.118. The molecule has 0 aliphatic carbocycles. The van der Waals surface area contributed by atoms with Crippen molar-refractivity contribution in [3.8, 4) is 23.7 Å². The minimum absolute atomic E-state index is 0.0797. The predicted molar refractivity (Wildman–Crippen MR) is 158 cm³/mol. The lowest BCUT2D eigenvalue weighted by atomic mass is 10.0. The third-order valence-corrected chi connectivity index (χ3v) is 7.14. The van der Waals surface area contributed by atoms with Gasteiger partial charge in [0.2, 0.25) is 0 Å². The van der Waals surface area contributed by atoms with Crippen molar-refractivity contribution < 1.29 is 9.59 Å². The second-order valence-corrected chi connectivity index (χ2v) is 11.1. The van der Waals surface area contributed by atoms with E-state index in [-0.39, 0.29) is 10.2 Å². The first kappa shape index (κ1) is 27.1. The molecule has 0 saturated carbocycles. The van der Waals surface area contributed by atoms with Gasteiger partial charge in [-0.3, -0.25) is 9.59 Å². The number of carbonyl (C=O) groups excluding carboxylic acids is 2. The van der Waals surface area contributed by atoms with Crippen LogP contribution in [0.2, 0.25) is 0 Å². The summed E-state index contributed by atoms with van der Waals surface area (Å²) in [6.07, 6.45) is 1.91. The summed E-state index contributed by atoms with van der Waals surface area (Å²) in [5.74, 6) is 12.8. The average Bonchev–Trinajstić information content (AvgIpc) is 2.92. The van der Waals surface area contributed by atoms with Gasteiger partial charge >= 0.3 is 0 Å². The maximum absolute atomic E-state index is 11.2. The molecule has 2 nitrogen and oxygen atoms in total. The number of hydrogen-bond acceptors (Lipinski definition) is 4. The van der Waals surface area contributed by atoms with Gasteiger partial charge in [0.25, 0.3) is 0 Å². The van der Waals surface area contributed by atoms with Crippen LogP contribution in [0.25, 0.3) is 0 Å². The Bertz CT molecular complexity index is 1410. The van der Waals surface area contributed by atoms with E-state index in [1.807, 2.05) is 48.5 Å². The Labute approximate surface area is 233 Å². The summed E-state index contributed by atoms with van der Waals surface area (Å²) < 4.78 is 0. The minimum atomic E-state index is 0.0797. The van der Waals surface area contributed by atoms with E-state index >= 15 is 0 Å². The van der Waals surface area contributed by atoms with Crippen molar-refractivity contribution in [3.05, 3.63) is 130 Å². The maximum Gasteiger partial charge on any atom is 0.190 e. The number of rotatable bonds is 5. The lowest BCUT2D eigenvalue weighted by Gasteiger charge is -2.03. The van der Waals surface area contributed by atoms with E-state index in [1.165, 1.54) is 34.7 Å². The lowest BCUT2D eigenvalue weighted by molar-refractivity contribution is -0.109. The molecule has 186 valence electrons. The van der Waals surface area contributed by atoms with E-state index in [0.717, 1.165) is 44.9 Å². The molecule has 4 aromatic carbocycles. The van der Waals surface area contributed by atoms with Gasteiger partial charge in [-0.15, -0.1) is 0 Å². The zero-order valence-corrected chi connectivity index (χ0v) is 22.9. The van der Waals surface area contributed by atoms with E-state index < -0.39 is 0 Å². The van der Waals surface area contributed by atoms with Crippen LogP contribution in [0, 0.1) is 23.7 Å². The predicted octanol–water partition coefficient (Wildman–Crippen LogP) is 7.55. The number of thioether (sulfide) groups is 2. The molecule has 0 N–H and O–H groups in total. The van der Waals surface area contributed by atoms with E-state index in [0.29, 0.717) is 0 Å². The van der Waals surface area contributed by atoms with Crippen LogP contribution in [-0.2, 0) is 22.4 Å². The first-order valence-corrected chi connectivity index (χ1v) is 13.9. The van der Waals surface area contributed by atoms with Crippen molar-refractivity contribution >= 4 is 33.8 Å². The van der Waals surface area contributed by atoms with Gasteiger partial charge < -0.3 is 0 Å². The summed E-state index contributed by atoms with van der Waals surface area (Å²) in [6, 6.07) is 32.3. The van der Waals surface area contributed by atoms with Gasteiger partial charge in [0, 0.05) is 45.9 Å². The fourth-order valence-electron chi connectivity index (χ4n) is 3.63. The molecule has 0 fully saturated rings. The molecule has 0 unspecified atom stereocenters. The summed E-state index contributed by atoms with van der Waals surface area (Å²) >= 11 is 2.46. The molecule has 0 spiro atoms. The molecule has 0 bridgehead atoms. The van der Waals surface area contributed by atoms with Crippen LogP contribution >= 0.6 is 23.5 Å². The summed E-state index contributed by atoms with van der Waals surface area (Å²) in [6.45, 7) is 3.13. The van der Waals surface area contributed by atoms with Crippen molar-refractivity contribution in [2.75, 3.05) is 0 Å². The monoisotopic (exact) mass is 530 g/mol. The van der Waals surface area contributed by atoms with Crippen molar-refractivity contribution in [1.29, 1.82) is 0 Å². The highest BCUT2D eigenvalue weighted by Gasteiger charge is 2.00. The summed E-state index contributed by atoms with van der Waals surface area (Å²) in [4.78, 5) is 24.3. The molecule has 0 aliphatic rings. The van der Waals surface area contributed by atoms with Gasteiger partial charge in [0.05, 0.1) is 0 Å². The standard InChI is InChI=1S/C34H26O2S2/c1-25(35)37-33-21-17-31(18-22-33)15-13-29-9-5-27(6-10-29)3-4-28-7-11-30(12-8-28)14-16-32-19-23-34(24-20-32)38-26(2)36/h5-12,17-24H,3-4H2,1-2H3. The van der Waals surface area contributed by atoms with Crippen LogP contribution in [0.4, 0.5) is 0 Å². The molecular weight excluding hydrogens is 505 g/mol. The number of carbonyl (C=O) groups is 2. The van der Waals surface area contributed by atoms with Crippen LogP contribution in [0.15, 0.2) is 107 Å². The Kier molecular flexibility index (Phi) is 9.65. The largest absolute Gasteiger partial charge is 0.287 e. The number of aryl methyl sites for hydroxylation is 2. The highest BCUT2D eigenvalue weighted by Crippen LogP contribution is 2.19. The van der Waals surface area contributed by atoms with Gasteiger partial charge in [-0.25, -0.2) is 0 Å². The van der Waals surface area contributed by atoms with Crippen LogP contribution in [0.5, 0.6) is 0 Å². The van der Waals surface area contributed by atoms with Gasteiger partial charge in [0.15, 0.2) is 10.2 Å². The molecule has 4 rings (SSSR count). The minimum Gasteiger partial charge on any atom is -0.287 e. The van der Waals surface area contributed by atoms with Gasteiger partial charge in [-0.05, 0) is 96.8 Å². The summed E-state index contributed by atoms with van der Waals surface area (Å²) in [7, 11) is 0. The van der Waals surface area contributed by atoms with Crippen LogP contribution < -0.4 is 0 Å². The third-order valence-electron chi connectivity index (χ3n) is 5.54. The Hall–Kier alpha value is -3.96. The third kappa shape index (κ3) is 8.86. The van der Waals surface area contributed by atoms with Crippen molar-refractivity contribution in [2.24, 2.45) is 0 Å². The van der Waals surface area contributed by atoms with Crippen LogP contribution in [-0.4, -0.2) is 10.2 Å². The molecule has 4 aromatic rings. The van der Waals surface area contributed by atoms with E-state index in [1.54, 1.807) is 13.8 Å². The molecule has 0 aliphatic heterocycles. The van der Waals surface area contributed by atoms with Gasteiger partial charge in [-0.2, -0.15) is 0 Å². The van der Waals surface area contributed by atoms with E-state index in [9.17, 15) is 9.59 Å². The zero-order valence-electron chi connectivity index (χ0n) is 21.3. The second kappa shape index (κ2) is 13.5. The van der Waals surface area contributed by atoms with E-state index in [2.05, 4.69) is 72.2 Å². The Morgan fingerprint density at radius 2 is 0.737 bits per heavy atom. The highest BCUT2D eigenvalue weighted by molar-refractivity contribution is 8.13. The second-order valence-electron chi connectivity index (χ2n) is 8.63. The molecule has 0 radical (unpaired) electrons. The molecule has 0 aromatic heterocycles. The van der Waals surface area contributed by atoms with Gasteiger partial charge in [-0.1, -0.05) is 71.5 Å². The molecule has 38 heavy (non-hydrogen) atoms. The first-order chi connectivity index (χ1) is 18.4. The molecule has 0 amide bonds. The topological polar surface area (TPSA) is 34.1 Å². The molecular formula is C34H26O2S2. The summed E-state index contributed by atoms with van der Waals surface area (Å²) in [5.41, 5.74) is 6.36. The Balaban J connectivity index is 1.28. The zero-order chi connectivity index (χ0) is 26.7. The lowest BCUT2D eigenvalue weighted by Crippen LogP contribution is -1.91. The Morgan fingerprint density at radius 3 is 1.00 bits per heavy atom. The quantitative estimate of drug-likeness (QED) is 0.197. The van der Waals surface area contributed by atoms with Crippen molar-refractivity contribution in [3.63, 3.8) is 0 Å². The number of hydrogen-bond donors (Lipinski definition) is 0. The Morgan fingerprint density at radius 1 is 0.474 bits per heavy atom. The van der Waals surface area contributed by atoms with E-state index in [4.69, 9.17) is 0 Å². The van der Waals surface area contributed by atoms with Gasteiger partial charge in [0.1, 0.15) is 0 Å². The van der Waals surface area contributed by atoms with Crippen molar-refractivity contribution in [2.45, 2.75) is 36.5 Å².